The van der Waals surface area contributed by atoms with Crippen molar-refractivity contribution in [2.45, 2.75) is 26.2 Å². The van der Waals surface area contributed by atoms with E-state index in [0.29, 0.717) is 19.6 Å². The van der Waals surface area contributed by atoms with E-state index in [-0.39, 0.29) is 11.7 Å². The number of rotatable bonds is 9. The zero-order chi connectivity index (χ0) is 19.8. The van der Waals surface area contributed by atoms with E-state index in [9.17, 15) is 4.79 Å². The standard InChI is InChI=1S/C22H26N4O2/c1-17-9-6-7-12-19(17)26-20(14-13-18-10-4-3-5-11-18)24-21(25-26)22(27)23-15-8-16-28-2/h3-7,9-12H,8,13-16H2,1-2H3,(H,23,27). The monoisotopic (exact) mass is 378 g/mol. The highest BCUT2D eigenvalue weighted by molar-refractivity contribution is 5.90. The van der Waals surface area contributed by atoms with Crippen LogP contribution in [-0.2, 0) is 17.6 Å². The molecule has 0 spiro atoms. The van der Waals surface area contributed by atoms with Crippen LogP contribution in [0.5, 0.6) is 0 Å². The molecule has 3 rings (SSSR count). The summed E-state index contributed by atoms with van der Waals surface area (Å²) in [6, 6.07) is 18.2. The van der Waals surface area contributed by atoms with Crippen LogP contribution in [-0.4, -0.2) is 40.9 Å². The minimum absolute atomic E-state index is 0.198. The molecular weight excluding hydrogens is 352 g/mol. The van der Waals surface area contributed by atoms with Gasteiger partial charge in [0.15, 0.2) is 0 Å². The third-order valence-electron chi connectivity index (χ3n) is 4.51. The van der Waals surface area contributed by atoms with Gasteiger partial charge in [-0.1, -0.05) is 48.5 Å². The number of ether oxygens (including phenoxy) is 1. The predicted octanol–water partition coefficient (Wildman–Crippen LogP) is 3.13. The molecule has 0 aliphatic rings. The van der Waals surface area contributed by atoms with Gasteiger partial charge >= 0.3 is 0 Å². The molecule has 146 valence electrons. The van der Waals surface area contributed by atoms with Gasteiger partial charge in [-0.15, -0.1) is 5.10 Å². The summed E-state index contributed by atoms with van der Waals surface area (Å²) in [6.07, 6.45) is 2.28. The van der Waals surface area contributed by atoms with Crippen LogP contribution < -0.4 is 5.32 Å². The minimum atomic E-state index is -0.260. The van der Waals surface area contributed by atoms with Gasteiger partial charge in [0.1, 0.15) is 5.82 Å². The second-order valence-corrected chi connectivity index (χ2v) is 6.64. The smallest absolute Gasteiger partial charge is 0.290 e. The Hall–Kier alpha value is -2.99. The lowest BCUT2D eigenvalue weighted by molar-refractivity contribution is 0.0938. The fourth-order valence-electron chi connectivity index (χ4n) is 2.99. The predicted molar refractivity (Wildman–Crippen MR) is 109 cm³/mol. The number of nitrogens with one attached hydrogen (secondary N) is 1. The highest BCUT2D eigenvalue weighted by Gasteiger charge is 2.18. The van der Waals surface area contributed by atoms with Gasteiger partial charge in [-0.25, -0.2) is 9.67 Å². The van der Waals surface area contributed by atoms with Gasteiger partial charge in [0.2, 0.25) is 5.82 Å². The summed E-state index contributed by atoms with van der Waals surface area (Å²) >= 11 is 0. The molecule has 28 heavy (non-hydrogen) atoms. The van der Waals surface area contributed by atoms with Crippen LogP contribution >= 0.6 is 0 Å². The number of nitrogens with zero attached hydrogens (tertiary/aromatic N) is 3. The van der Waals surface area contributed by atoms with Crippen molar-refractivity contribution in [1.82, 2.24) is 20.1 Å². The maximum Gasteiger partial charge on any atom is 0.290 e. The number of aromatic nitrogens is 3. The maximum atomic E-state index is 12.5. The van der Waals surface area contributed by atoms with Gasteiger partial charge in [-0.05, 0) is 37.0 Å². The molecule has 0 atom stereocenters. The number of benzene rings is 2. The fraction of sp³-hybridized carbons (Fsp3) is 0.318. The normalized spacial score (nSPS) is 10.8. The highest BCUT2D eigenvalue weighted by atomic mass is 16.5. The Morgan fingerprint density at radius 2 is 1.82 bits per heavy atom. The Balaban J connectivity index is 1.82. The van der Waals surface area contributed by atoms with E-state index in [1.807, 2.05) is 49.4 Å². The molecule has 3 aromatic rings. The molecule has 1 N–H and O–H groups in total. The topological polar surface area (TPSA) is 69.0 Å². The second kappa shape index (κ2) is 9.80. The minimum Gasteiger partial charge on any atom is -0.385 e. The van der Waals surface area contributed by atoms with E-state index in [1.165, 1.54) is 5.56 Å². The Morgan fingerprint density at radius 3 is 2.57 bits per heavy atom. The van der Waals surface area contributed by atoms with Crippen molar-refractivity contribution in [3.8, 4) is 5.69 Å². The average molecular weight is 378 g/mol. The van der Waals surface area contributed by atoms with E-state index in [4.69, 9.17) is 4.74 Å². The maximum absolute atomic E-state index is 12.5. The molecule has 0 saturated carbocycles. The third kappa shape index (κ3) is 5.04. The van der Waals surface area contributed by atoms with Crippen molar-refractivity contribution in [1.29, 1.82) is 0 Å². The first kappa shape index (κ1) is 19.8. The zero-order valence-corrected chi connectivity index (χ0v) is 16.4. The Morgan fingerprint density at radius 1 is 1.07 bits per heavy atom. The van der Waals surface area contributed by atoms with Crippen LogP contribution in [0.25, 0.3) is 5.69 Å². The largest absolute Gasteiger partial charge is 0.385 e. The van der Waals surface area contributed by atoms with E-state index in [0.717, 1.165) is 29.9 Å². The van der Waals surface area contributed by atoms with Crippen LogP contribution in [0, 0.1) is 6.92 Å². The van der Waals surface area contributed by atoms with Gasteiger partial charge in [0, 0.05) is 26.7 Å². The molecule has 6 heteroatoms. The summed E-state index contributed by atoms with van der Waals surface area (Å²) in [5, 5.41) is 7.37. The molecule has 1 amide bonds. The molecule has 1 heterocycles. The van der Waals surface area contributed by atoms with E-state index >= 15 is 0 Å². The number of hydrogen-bond acceptors (Lipinski definition) is 4. The molecule has 0 saturated heterocycles. The van der Waals surface area contributed by atoms with Crippen LogP contribution in [0.15, 0.2) is 54.6 Å². The summed E-state index contributed by atoms with van der Waals surface area (Å²) < 4.78 is 6.80. The third-order valence-corrected chi connectivity index (χ3v) is 4.51. The Labute approximate surface area is 165 Å². The number of hydrogen-bond donors (Lipinski definition) is 1. The van der Waals surface area contributed by atoms with Gasteiger partial charge in [-0.2, -0.15) is 0 Å². The summed E-state index contributed by atoms with van der Waals surface area (Å²) in [5.41, 5.74) is 3.25. The molecule has 0 aliphatic heterocycles. The van der Waals surface area contributed by atoms with Gasteiger partial charge < -0.3 is 10.1 Å². The first-order valence-corrected chi connectivity index (χ1v) is 9.52. The lowest BCUT2D eigenvalue weighted by Gasteiger charge is -2.08. The zero-order valence-electron chi connectivity index (χ0n) is 16.4. The lowest BCUT2D eigenvalue weighted by Crippen LogP contribution is -2.26. The summed E-state index contributed by atoms with van der Waals surface area (Å²) in [4.78, 5) is 17.0. The fourth-order valence-corrected chi connectivity index (χ4v) is 2.99. The van der Waals surface area contributed by atoms with Crippen molar-refractivity contribution in [2.24, 2.45) is 0 Å². The number of methoxy groups -OCH3 is 1. The number of carbonyl (C=O) groups excluding carboxylic acids is 1. The van der Waals surface area contributed by atoms with Crippen LogP contribution in [0.2, 0.25) is 0 Å². The molecule has 0 fully saturated rings. The SMILES string of the molecule is COCCCNC(=O)c1nc(CCc2ccccc2)n(-c2ccccc2C)n1. The number of carbonyl (C=O) groups is 1. The first-order valence-electron chi connectivity index (χ1n) is 9.52. The molecule has 0 radical (unpaired) electrons. The summed E-state index contributed by atoms with van der Waals surface area (Å²) in [6.45, 7) is 3.17. The Kier molecular flexibility index (Phi) is 6.92. The molecule has 6 nitrogen and oxygen atoms in total. The number of amides is 1. The summed E-state index contributed by atoms with van der Waals surface area (Å²) in [7, 11) is 1.65. The first-order chi connectivity index (χ1) is 13.7. The lowest BCUT2D eigenvalue weighted by atomic mass is 10.1. The van der Waals surface area contributed by atoms with Crippen LogP contribution in [0.3, 0.4) is 0 Å². The molecular formula is C22H26N4O2. The van der Waals surface area contributed by atoms with Crippen molar-refractivity contribution in [3.05, 3.63) is 77.4 Å². The quantitative estimate of drug-likeness (QED) is 0.581. The van der Waals surface area contributed by atoms with Gasteiger partial charge in [0.25, 0.3) is 5.91 Å². The van der Waals surface area contributed by atoms with Gasteiger partial charge in [0.05, 0.1) is 5.69 Å². The van der Waals surface area contributed by atoms with E-state index < -0.39 is 0 Å². The van der Waals surface area contributed by atoms with E-state index in [2.05, 4.69) is 27.5 Å². The average Bonchev–Trinajstić information content (AvgIpc) is 3.15. The molecule has 0 unspecified atom stereocenters. The van der Waals surface area contributed by atoms with Crippen molar-refractivity contribution in [3.63, 3.8) is 0 Å². The van der Waals surface area contributed by atoms with Gasteiger partial charge in [-0.3, -0.25) is 4.79 Å². The van der Waals surface area contributed by atoms with Crippen LogP contribution in [0.1, 0.15) is 34.0 Å². The molecule has 2 aromatic carbocycles. The molecule has 0 aliphatic carbocycles. The van der Waals surface area contributed by atoms with E-state index in [1.54, 1.807) is 11.8 Å². The Bertz CT molecular complexity index is 906. The van der Waals surface area contributed by atoms with Crippen LogP contribution in [0.4, 0.5) is 0 Å². The summed E-state index contributed by atoms with van der Waals surface area (Å²) in [5.74, 6) is 0.716. The molecule has 1 aromatic heterocycles. The number of para-hydroxylation sites is 1. The number of aryl methyl sites for hydroxylation is 3. The van der Waals surface area contributed by atoms with Crippen molar-refractivity contribution in [2.75, 3.05) is 20.3 Å². The molecule has 0 bridgehead atoms. The van der Waals surface area contributed by atoms with Crippen molar-refractivity contribution >= 4 is 5.91 Å². The second-order valence-electron chi connectivity index (χ2n) is 6.64. The highest BCUT2D eigenvalue weighted by Crippen LogP contribution is 2.16. The van der Waals surface area contributed by atoms with Crippen molar-refractivity contribution < 1.29 is 9.53 Å².